The summed E-state index contributed by atoms with van der Waals surface area (Å²) in [5, 5.41) is 11.4. The van der Waals surface area contributed by atoms with Crippen LogP contribution in [0.1, 0.15) is 17.8 Å². The van der Waals surface area contributed by atoms with Gasteiger partial charge in [-0.25, -0.2) is 9.37 Å². The zero-order valence-electron chi connectivity index (χ0n) is 9.90. The fraction of sp³-hybridized carbons (Fsp3) is 0.231. The molecule has 19 heavy (non-hydrogen) atoms. The molecule has 2 rings (SSSR count). The van der Waals surface area contributed by atoms with Gasteiger partial charge in [-0.2, -0.15) is 0 Å². The lowest BCUT2D eigenvalue weighted by Gasteiger charge is -2.00. The summed E-state index contributed by atoms with van der Waals surface area (Å²) >= 11 is 4.80. The van der Waals surface area contributed by atoms with E-state index in [1.54, 1.807) is 6.07 Å². The van der Waals surface area contributed by atoms with Crippen LogP contribution in [-0.4, -0.2) is 16.1 Å². The van der Waals surface area contributed by atoms with Crippen LogP contribution in [0.2, 0.25) is 0 Å². The van der Waals surface area contributed by atoms with Gasteiger partial charge in [0, 0.05) is 21.8 Å². The standard InChI is InChI=1S/C13H11BrFNO2S/c14-10-6-8(15)4-5-9(10)11-7-19-12(16-11)2-1-3-13(17)18/h4-7H,1-3H2,(H,17,18). The van der Waals surface area contributed by atoms with E-state index < -0.39 is 5.97 Å². The van der Waals surface area contributed by atoms with E-state index in [2.05, 4.69) is 20.9 Å². The Balaban J connectivity index is 2.10. The average molecular weight is 344 g/mol. The molecule has 0 saturated carbocycles. The number of benzene rings is 1. The maximum atomic E-state index is 13.0. The number of aromatic nitrogens is 1. The van der Waals surface area contributed by atoms with Crippen molar-refractivity contribution in [1.29, 1.82) is 0 Å². The minimum absolute atomic E-state index is 0.148. The number of rotatable bonds is 5. The molecule has 0 fully saturated rings. The molecule has 1 aromatic heterocycles. The third kappa shape index (κ3) is 3.84. The fourth-order valence-corrected chi connectivity index (χ4v) is 3.03. The van der Waals surface area contributed by atoms with E-state index in [4.69, 9.17) is 5.11 Å². The van der Waals surface area contributed by atoms with Crippen LogP contribution in [0.5, 0.6) is 0 Å². The van der Waals surface area contributed by atoms with E-state index >= 15 is 0 Å². The van der Waals surface area contributed by atoms with Crippen LogP contribution < -0.4 is 0 Å². The Morgan fingerprint density at radius 1 is 1.47 bits per heavy atom. The summed E-state index contributed by atoms with van der Waals surface area (Å²) in [6.07, 6.45) is 1.37. The van der Waals surface area contributed by atoms with Gasteiger partial charge in [0.25, 0.3) is 0 Å². The van der Waals surface area contributed by atoms with E-state index in [-0.39, 0.29) is 12.2 Å². The first-order valence-electron chi connectivity index (χ1n) is 5.68. The molecule has 0 spiro atoms. The molecule has 0 bridgehead atoms. The number of halogens is 2. The lowest BCUT2D eigenvalue weighted by atomic mass is 10.2. The quantitative estimate of drug-likeness (QED) is 0.888. The van der Waals surface area contributed by atoms with Crippen molar-refractivity contribution < 1.29 is 14.3 Å². The second-order valence-corrected chi connectivity index (χ2v) is 5.79. The maximum Gasteiger partial charge on any atom is 0.303 e. The summed E-state index contributed by atoms with van der Waals surface area (Å²) < 4.78 is 13.7. The highest BCUT2D eigenvalue weighted by atomic mass is 79.9. The predicted octanol–water partition coefficient (Wildman–Crippen LogP) is 4.12. The Morgan fingerprint density at radius 3 is 2.95 bits per heavy atom. The number of hydrogen-bond acceptors (Lipinski definition) is 3. The van der Waals surface area contributed by atoms with Crippen molar-refractivity contribution in [1.82, 2.24) is 4.98 Å². The highest BCUT2D eigenvalue weighted by Crippen LogP contribution is 2.30. The van der Waals surface area contributed by atoms with E-state index in [1.165, 1.54) is 23.5 Å². The topological polar surface area (TPSA) is 50.2 Å². The summed E-state index contributed by atoms with van der Waals surface area (Å²) in [5.74, 6) is -1.09. The Kier molecular flexibility index (Phi) is 4.66. The third-order valence-electron chi connectivity index (χ3n) is 2.54. The highest BCUT2D eigenvalue weighted by Gasteiger charge is 2.09. The van der Waals surface area contributed by atoms with Gasteiger partial charge in [0.1, 0.15) is 5.82 Å². The zero-order chi connectivity index (χ0) is 13.8. The monoisotopic (exact) mass is 343 g/mol. The molecule has 0 saturated heterocycles. The second-order valence-electron chi connectivity index (χ2n) is 4.00. The van der Waals surface area contributed by atoms with Crippen LogP contribution in [0.4, 0.5) is 4.39 Å². The molecule has 0 radical (unpaired) electrons. The molecule has 100 valence electrons. The molecule has 6 heteroatoms. The largest absolute Gasteiger partial charge is 0.481 e. The van der Waals surface area contributed by atoms with Crippen LogP contribution in [0.3, 0.4) is 0 Å². The minimum Gasteiger partial charge on any atom is -0.481 e. The molecule has 0 aliphatic carbocycles. The van der Waals surface area contributed by atoms with Crippen LogP contribution in [0.15, 0.2) is 28.1 Å². The maximum absolute atomic E-state index is 13.0. The van der Waals surface area contributed by atoms with Crippen LogP contribution in [0, 0.1) is 5.82 Å². The lowest BCUT2D eigenvalue weighted by molar-refractivity contribution is -0.137. The molecule has 3 nitrogen and oxygen atoms in total. The van der Waals surface area contributed by atoms with Crippen molar-refractivity contribution in [3.05, 3.63) is 38.9 Å². The Morgan fingerprint density at radius 2 is 2.26 bits per heavy atom. The molecule has 1 heterocycles. The molecule has 1 N–H and O–H groups in total. The number of aryl methyl sites for hydroxylation is 1. The normalized spacial score (nSPS) is 10.6. The summed E-state index contributed by atoms with van der Waals surface area (Å²) in [7, 11) is 0. The van der Waals surface area contributed by atoms with Gasteiger partial charge < -0.3 is 5.11 Å². The van der Waals surface area contributed by atoms with Crippen molar-refractivity contribution in [3.8, 4) is 11.3 Å². The van der Waals surface area contributed by atoms with Gasteiger partial charge in [0.2, 0.25) is 0 Å². The van der Waals surface area contributed by atoms with Crippen molar-refractivity contribution in [2.75, 3.05) is 0 Å². The van der Waals surface area contributed by atoms with Crippen molar-refractivity contribution in [2.45, 2.75) is 19.3 Å². The predicted molar refractivity (Wildman–Crippen MR) is 75.8 cm³/mol. The van der Waals surface area contributed by atoms with E-state index in [0.29, 0.717) is 17.3 Å². The van der Waals surface area contributed by atoms with Gasteiger partial charge in [-0.15, -0.1) is 11.3 Å². The molecule has 0 aliphatic heterocycles. The molecular weight excluding hydrogens is 333 g/mol. The molecular formula is C13H11BrFNO2S. The molecule has 0 amide bonds. The van der Waals surface area contributed by atoms with Crippen LogP contribution >= 0.6 is 27.3 Å². The van der Waals surface area contributed by atoms with Gasteiger partial charge in [0.15, 0.2) is 0 Å². The van der Waals surface area contributed by atoms with Crippen molar-refractivity contribution in [2.24, 2.45) is 0 Å². The number of thiazole rings is 1. The third-order valence-corrected chi connectivity index (χ3v) is 4.10. The van der Waals surface area contributed by atoms with E-state index in [0.717, 1.165) is 16.3 Å². The van der Waals surface area contributed by atoms with Gasteiger partial charge in [0.05, 0.1) is 10.7 Å². The number of carboxylic acid groups (broad SMARTS) is 1. The SMILES string of the molecule is O=C(O)CCCc1nc(-c2ccc(F)cc2Br)cs1. The fourth-order valence-electron chi connectivity index (χ4n) is 1.64. The van der Waals surface area contributed by atoms with E-state index in [9.17, 15) is 9.18 Å². The minimum atomic E-state index is -0.793. The number of carboxylic acids is 1. The Hall–Kier alpha value is -1.27. The molecule has 2 aromatic rings. The van der Waals surface area contributed by atoms with Gasteiger partial charge in [-0.1, -0.05) is 0 Å². The van der Waals surface area contributed by atoms with Crippen molar-refractivity contribution >= 4 is 33.2 Å². The van der Waals surface area contributed by atoms with Crippen LogP contribution in [0.25, 0.3) is 11.3 Å². The van der Waals surface area contributed by atoms with Gasteiger partial charge >= 0.3 is 5.97 Å². The lowest BCUT2D eigenvalue weighted by Crippen LogP contribution is -1.95. The summed E-state index contributed by atoms with van der Waals surface area (Å²) in [6, 6.07) is 4.47. The van der Waals surface area contributed by atoms with E-state index in [1.807, 2.05) is 5.38 Å². The number of hydrogen-bond donors (Lipinski definition) is 1. The first-order valence-corrected chi connectivity index (χ1v) is 7.35. The average Bonchev–Trinajstić information content (AvgIpc) is 2.77. The number of aliphatic carboxylic acids is 1. The number of carbonyl (C=O) groups is 1. The van der Waals surface area contributed by atoms with Crippen LogP contribution in [-0.2, 0) is 11.2 Å². The molecule has 0 unspecified atom stereocenters. The summed E-state index contributed by atoms with van der Waals surface area (Å²) in [4.78, 5) is 14.9. The highest BCUT2D eigenvalue weighted by molar-refractivity contribution is 9.10. The summed E-state index contributed by atoms with van der Waals surface area (Å²) in [6.45, 7) is 0. The number of nitrogens with zero attached hydrogens (tertiary/aromatic N) is 1. The zero-order valence-corrected chi connectivity index (χ0v) is 12.3. The molecule has 0 atom stereocenters. The molecule has 1 aromatic carbocycles. The second kappa shape index (κ2) is 6.25. The molecule has 0 aliphatic rings. The summed E-state index contributed by atoms with van der Waals surface area (Å²) in [5.41, 5.74) is 1.62. The smallest absolute Gasteiger partial charge is 0.303 e. The first-order chi connectivity index (χ1) is 9.06. The van der Waals surface area contributed by atoms with Gasteiger partial charge in [-0.05, 0) is 47.0 Å². The Labute approximate surface area is 122 Å². The van der Waals surface area contributed by atoms with Gasteiger partial charge in [-0.3, -0.25) is 4.79 Å². The first kappa shape index (κ1) is 14.1. The van der Waals surface area contributed by atoms with Crippen molar-refractivity contribution in [3.63, 3.8) is 0 Å². The Bertz CT molecular complexity index is 600.